The second-order valence-electron chi connectivity index (χ2n) is 5.64. The molecule has 2 rings (SSSR count). The smallest absolute Gasteiger partial charge is 0.224 e. The maximum Gasteiger partial charge on any atom is 0.224 e. The van der Waals surface area contributed by atoms with Crippen LogP contribution < -0.4 is 5.32 Å². The van der Waals surface area contributed by atoms with Gasteiger partial charge in [0.2, 0.25) is 5.91 Å². The molecule has 0 saturated heterocycles. The standard InChI is InChI=1S/C17H24FNO2/c18-15-7-4-6-14(12-15)13-17(20)19-10-5-11-21-16-8-2-1-3-9-16/h4,6-7,12,16H,1-3,5,8-11,13H2,(H,19,20). The lowest BCUT2D eigenvalue weighted by molar-refractivity contribution is -0.120. The van der Waals surface area contributed by atoms with E-state index in [0.717, 1.165) is 6.42 Å². The summed E-state index contributed by atoms with van der Waals surface area (Å²) in [6.07, 6.45) is 7.69. The number of hydrogen-bond donors (Lipinski definition) is 1. The van der Waals surface area contributed by atoms with Crippen molar-refractivity contribution in [2.45, 2.75) is 51.0 Å². The van der Waals surface area contributed by atoms with Crippen LogP contribution in [0.2, 0.25) is 0 Å². The molecule has 1 N–H and O–H groups in total. The zero-order valence-electron chi connectivity index (χ0n) is 12.4. The fourth-order valence-corrected chi connectivity index (χ4v) is 2.68. The zero-order valence-corrected chi connectivity index (χ0v) is 12.4. The second kappa shape index (κ2) is 8.78. The highest BCUT2D eigenvalue weighted by atomic mass is 19.1. The highest BCUT2D eigenvalue weighted by molar-refractivity contribution is 5.78. The normalized spacial score (nSPS) is 15.9. The average Bonchev–Trinajstić information content (AvgIpc) is 2.48. The van der Waals surface area contributed by atoms with Crippen molar-refractivity contribution in [3.05, 3.63) is 35.6 Å². The first-order valence-corrected chi connectivity index (χ1v) is 7.87. The van der Waals surface area contributed by atoms with Gasteiger partial charge in [-0.05, 0) is 37.0 Å². The van der Waals surface area contributed by atoms with E-state index in [1.54, 1.807) is 12.1 Å². The van der Waals surface area contributed by atoms with Crippen LogP contribution in [0, 0.1) is 5.82 Å². The summed E-state index contributed by atoms with van der Waals surface area (Å²) < 4.78 is 18.8. The van der Waals surface area contributed by atoms with Crippen molar-refractivity contribution in [1.29, 1.82) is 0 Å². The Morgan fingerprint density at radius 1 is 1.29 bits per heavy atom. The van der Waals surface area contributed by atoms with E-state index in [0.29, 0.717) is 24.8 Å². The van der Waals surface area contributed by atoms with Gasteiger partial charge in [0, 0.05) is 13.2 Å². The van der Waals surface area contributed by atoms with E-state index >= 15 is 0 Å². The van der Waals surface area contributed by atoms with E-state index < -0.39 is 0 Å². The molecule has 0 heterocycles. The predicted molar refractivity (Wildman–Crippen MR) is 80.6 cm³/mol. The maximum atomic E-state index is 13.0. The van der Waals surface area contributed by atoms with Crippen molar-refractivity contribution >= 4 is 5.91 Å². The Balaban J connectivity index is 1.54. The number of rotatable bonds is 7. The fraction of sp³-hybridized carbons (Fsp3) is 0.588. The summed E-state index contributed by atoms with van der Waals surface area (Å²) in [5, 5.41) is 2.85. The molecule has 1 aromatic rings. The van der Waals surface area contributed by atoms with Gasteiger partial charge < -0.3 is 10.1 Å². The molecule has 0 radical (unpaired) electrons. The summed E-state index contributed by atoms with van der Waals surface area (Å²) in [4.78, 5) is 11.7. The molecule has 1 saturated carbocycles. The maximum absolute atomic E-state index is 13.0. The second-order valence-corrected chi connectivity index (χ2v) is 5.64. The topological polar surface area (TPSA) is 38.3 Å². The van der Waals surface area contributed by atoms with E-state index in [2.05, 4.69) is 5.32 Å². The molecule has 21 heavy (non-hydrogen) atoms. The predicted octanol–water partition coefficient (Wildman–Crippen LogP) is 3.22. The van der Waals surface area contributed by atoms with Crippen LogP contribution in [0.4, 0.5) is 4.39 Å². The van der Waals surface area contributed by atoms with Crippen LogP contribution in [-0.4, -0.2) is 25.2 Å². The summed E-state index contributed by atoms with van der Waals surface area (Å²) in [5.74, 6) is -0.376. The van der Waals surface area contributed by atoms with E-state index in [1.165, 1.54) is 44.2 Å². The summed E-state index contributed by atoms with van der Waals surface area (Å²) >= 11 is 0. The van der Waals surface area contributed by atoms with Crippen molar-refractivity contribution < 1.29 is 13.9 Å². The first-order chi connectivity index (χ1) is 10.2. The van der Waals surface area contributed by atoms with Gasteiger partial charge in [-0.15, -0.1) is 0 Å². The third-order valence-corrected chi connectivity index (χ3v) is 3.80. The number of amides is 1. The summed E-state index contributed by atoms with van der Waals surface area (Å²) in [5.41, 5.74) is 0.700. The summed E-state index contributed by atoms with van der Waals surface area (Å²) in [6, 6.07) is 6.15. The molecule has 116 valence electrons. The summed E-state index contributed by atoms with van der Waals surface area (Å²) in [6.45, 7) is 1.31. The van der Waals surface area contributed by atoms with Gasteiger partial charge in [-0.1, -0.05) is 31.4 Å². The molecule has 3 nitrogen and oxygen atoms in total. The molecule has 0 atom stereocenters. The third kappa shape index (κ3) is 6.25. The van der Waals surface area contributed by atoms with E-state index in [1.807, 2.05) is 0 Å². The highest BCUT2D eigenvalue weighted by Crippen LogP contribution is 2.20. The number of hydrogen-bond acceptors (Lipinski definition) is 2. The molecule has 1 amide bonds. The fourth-order valence-electron chi connectivity index (χ4n) is 2.68. The van der Waals surface area contributed by atoms with E-state index in [-0.39, 0.29) is 18.1 Å². The molecule has 1 aliphatic rings. The van der Waals surface area contributed by atoms with Crippen LogP contribution in [0.3, 0.4) is 0 Å². The number of halogens is 1. The van der Waals surface area contributed by atoms with Gasteiger partial charge in [0.25, 0.3) is 0 Å². The molecular formula is C17H24FNO2. The molecule has 0 aliphatic heterocycles. The Morgan fingerprint density at radius 3 is 2.86 bits per heavy atom. The number of ether oxygens (including phenoxy) is 1. The number of benzene rings is 1. The van der Waals surface area contributed by atoms with Crippen LogP contribution in [0.15, 0.2) is 24.3 Å². The number of carbonyl (C=O) groups is 1. The van der Waals surface area contributed by atoms with Crippen LogP contribution in [-0.2, 0) is 16.0 Å². The zero-order chi connectivity index (χ0) is 14.9. The van der Waals surface area contributed by atoms with Crippen molar-refractivity contribution in [1.82, 2.24) is 5.32 Å². The largest absolute Gasteiger partial charge is 0.378 e. The van der Waals surface area contributed by atoms with Crippen LogP contribution in [0.5, 0.6) is 0 Å². The van der Waals surface area contributed by atoms with Crippen LogP contribution in [0.1, 0.15) is 44.1 Å². The van der Waals surface area contributed by atoms with Gasteiger partial charge in [-0.3, -0.25) is 4.79 Å². The molecule has 0 spiro atoms. The van der Waals surface area contributed by atoms with Gasteiger partial charge in [-0.25, -0.2) is 4.39 Å². The van der Waals surface area contributed by atoms with Crippen molar-refractivity contribution in [2.24, 2.45) is 0 Å². The SMILES string of the molecule is O=C(Cc1cccc(F)c1)NCCCOC1CCCCC1. The van der Waals surface area contributed by atoms with Crippen molar-refractivity contribution in [2.75, 3.05) is 13.2 Å². The minimum atomic E-state index is -0.304. The van der Waals surface area contributed by atoms with Crippen LogP contribution in [0.25, 0.3) is 0 Å². The molecular weight excluding hydrogens is 269 g/mol. The molecule has 0 bridgehead atoms. The minimum absolute atomic E-state index is 0.0710. The lowest BCUT2D eigenvalue weighted by Crippen LogP contribution is -2.27. The molecule has 4 heteroatoms. The van der Waals surface area contributed by atoms with E-state index in [4.69, 9.17) is 4.74 Å². The Hall–Kier alpha value is -1.42. The first kappa shape index (κ1) is 16.0. The minimum Gasteiger partial charge on any atom is -0.378 e. The molecule has 1 aliphatic carbocycles. The Bertz CT molecular complexity index is 444. The van der Waals surface area contributed by atoms with Crippen molar-refractivity contribution in [3.63, 3.8) is 0 Å². The first-order valence-electron chi connectivity index (χ1n) is 7.87. The third-order valence-electron chi connectivity index (χ3n) is 3.80. The van der Waals surface area contributed by atoms with Gasteiger partial charge in [0.1, 0.15) is 5.82 Å². The Labute approximate surface area is 125 Å². The Kier molecular flexibility index (Phi) is 6.67. The molecule has 0 aromatic heterocycles. The van der Waals surface area contributed by atoms with Crippen molar-refractivity contribution in [3.8, 4) is 0 Å². The van der Waals surface area contributed by atoms with E-state index in [9.17, 15) is 9.18 Å². The molecule has 1 aromatic carbocycles. The monoisotopic (exact) mass is 293 g/mol. The Morgan fingerprint density at radius 2 is 2.10 bits per heavy atom. The summed E-state index contributed by atoms with van der Waals surface area (Å²) in [7, 11) is 0. The highest BCUT2D eigenvalue weighted by Gasteiger charge is 2.13. The van der Waals surface area contributed by atoms with Crippen LogP contribution >= 0.6 is 0 Å². The lowest BCUT2D eigenvalue weighted by atomic mass is 9.98. The lowest BCUT2D eigenvalue weighted by Gasteiger charge is -2.21. The van der Waals surface area contributed by atoms with Gasteiger partial charge >= 0.3 is 0 Å². The number of nitrogens with one attached hydrogen (secondary N) is 1. The number of carbonyl (C=O) groups excluding carboxylic acids is 1. The average molecular weight is 293 g/mol. The molecule has 0 unspecified atom stereocenters. The van der Waals surface area contributed by atoms with Gasteiger partial charge in [0.05, 0.1) is 12.5 Å². The van der Waals surface area contributed by atoms with Gasteiger partial charge in [0.15, 0.2) is 0 Å². The van der Waals surface area contributed by atoms with Gasteiger partial charge in [-0.2, -0.15) is 0 Å². The molecule has 1 fully saturated rings. The quantitative estimate of drug-likeness (QED) is 0.784.